The Morgan fingerprint density at radius 3 is 2.82 bits per heavy atom. The number of fused-ring (bicyclic) bond motifs is 2. The SMILES string of the molecule is O=C(O)CSC1=Cc2ccc(Cl)cc2Oc2ccc(F)cc21. The number of hydrogen-bond donors (Lipinski definition) is 1. The van der Waals surface area contributed by atoms with Crippen molar-refractivity contribution >= 4 is 40.3 Å². The Hall–Kier alpha value is -1.98. The van der Waals surface area contributed by atoms with E-state index in [2.05, 4.69) is 0 Å². The summed E-state index contributed by atoms with van der Waals surface area (Å²) in [5, 5.41) is 9.40. The number of halogens is 2. The second-order valence-corrected chi connectivity index (χ2v) is 6.07. The molecule has 0 atom stereocenters. The van der Waals surface area contributed by atoms with Gasteiger partial charge >= 0.3 is 5.97 Å². The average Bonchev–Trinajstić information content (AvgIpc) is 2.61. The molecule has 1 aliphatic rings. The topological polar surface area (TPSA) is 46.5 Å². The molecule has 2 aromatic rings. The van der Waals surface area contributed by atoms with Gasteiger partial charge in [0.25, 0.3) is 0 Å². The monoisotopic (exact) mass is 336 g/mol. The zero-order chi connectivity index (χ0) is 15.7. The summed E-state index contributed by atoms with van der Waals surface area (Å²) in [6.07, 6.45) is 1.78. The van der Waals surface area contributed by atoms with Crippen LogP contribution in [0.25, 0.3) is 11.0 Å². The summed E-state index contributed by atoms with van der Waals surface area (Å²) in [5.74, 6) is -0.457. The summed E-state index contributed by atoms with van der Waals surface area (Å²) in [6, 6.07) is 9.33. The van der Waals surface area contributed by atoms with E-state index in [9.17, 15) is 9.18 Å². The first kappa shape index (κ1) is 14.9. The molecule has 0 saturated carbocycles. The quantitative estimate of drug-likeness (QED) is 0.866. The molecular formula is C16H10ClFO3S. The van der Waals surface area contributed by atoms with Gasteiger partial charge in [-0.15, -0.1) is 11.8 Å². The molecule has 3 nitrogen and oxygen atoms in total. The van der Waals surface area contributed by atoms with Gasteiger partial charge in [-0.1, -0.05) is 11.6 Å². The van der Waals surface area contributed by atoms with Gasteiger partial charge in [0.05, 0.1) is 5.75 Å². The summed E-state index contributed by atoms with van der Waals surface area (Å²) in [4.78, 5) is 11.5. The van der Waals surface area contributed by atoms with Crippen molar-refractivity contribution in [2.24, 2.45) is 0 Å². The van der Waals surface area contributed by atoms with Crippen LogP contribution in [0.5, 0.6) is 11.5 Å². The van der Waals surface area contributed by atoms with Crippen LogP contribution in [0.1, 0.15) is 11.1 Å². The van der Waals surface area contributed by atoms with Crippen molar-refractivity contribution in [3.63, 3.8) is 0 Å². The van der Waals surface area contributed by atoms with E-state index in [4.69, 9.17) is 21.4 Å². The van der Waals surface area contributed by atoms with E-state index in [-0.39, 0.29) is 5.75 Å². The molecule has 0 bridgehead atoms. The van der Waals surface area contributed by atoms with Gasteiger partial charge in [0.2, 0.25) is 0 Å². The molecule has 6 heteroatoms. The molecule has 0 aromatic heterocycles. The highest BCUT2D eigenvalue weighted by Crippen LogP contribution is 2.43. The van der Waals surface area contributed by atoms with Crippen molar-refractivity contribution in [3.8, 4) is 11.5 Å². The molecular weight excluding hydrogens is 327 g/mol. The van der Waals surface area contributed by atoms with Crippen LogP contribution >= 0.6 is 23.4 Å². The lowest BCUT2D eigenvalue weighted by atomic mass is 10.1. The number of rotatable bonds is 3. The lowest BCUT2D eigenvalue weighted by Gasteiger charge is -2.10. The van der Waals surface area contributed by atoms with Gasteiger partial charge in [-0.05, 0) is 36.4 Å². The van der Waals surface area contributed by atoms with Crippen molar-refractivity contribution in [1.82, 2.24) is 0 Å². The molecule has 1 heterocycles. The standard InChI is InChI=1S/C16H10ClFO3S/c17-10-2-1-9-5-15(22-8-16(19)20)12-7-11(18)3-4-13(12)21-14(9)6-10/h1-7H,8H2,(H,19,20). The molecule has 112 valence electrons. The molecule has 2 aromatic carbocycles. The van der Waals surface area contributed by atoms with Gasteiger partial charge in [0.15, 0.2) is 0 Å². The van der Waals surface area contributed by atoms with Gasteiger partial charge in [0, 0.05) is 27.1 Å². The van der Waals surface area contributed by atoms with Crippen molar-refractivity contribution in [2.75, 3.05) is 5.75 Å². The van der Waals surface area contributed by atoms with Crippen LogP contribution in [0, 0.1) is 5.82 Å². The Balaban J connectivity index is 2.13. The molecule has 1 N–H and O–H groups in total. The van der Waals surface area contributed by atoms with E-state index in [1.165, 1.54) is 18.2 Å². The van der Waals surface area contributed by atoms with Crippen molar-refractivity contribution in [3.05, 3.63) is 58.4 Å². The second-order valence-electron chi connectivity index (χ2n) is 4.62. The second kappa shape index (κ2) is 6.02. The third kappa shape index (κ3) is 3.10. The van der Waals surface area contributed by atoms with Gasteiger partial charge in [-0.25, -0.2) is 4.39 Å². The number of aliphatic carboxylic acids is 1. The molecule has 22 heavy (non-hydrogen) atoms. The molecule has 0 spiro atoms. The van der Waals surface area contributed by atoms with Crippen LogP contribution in [0.3, 0.4) is 0 Å². The number of carboxylic acid groups (broad SMARTS) is 1. The first-order chi connectivity index (χ1) is 10.5. The maximum absolute atomic E-state index is 13.6. The summed E-state index contributed by atoms with van der Waals surface area (Å²) in [6.45, 7) is 0. The first-order valence-corrected chi connectivity index (χ1v) is 7.73. The van der Waals surface area contributed by atoms with Crippen LogP contribution in [0.15, 0.2) is 36.4 Å². The first-order valence-electron chi connectivity index (χ1n) is 6.36. The highest BCUT2D eigenvalue weighted by Gasteiger charge is 2.19. The zero-order valence-corrected chi connectivity index (χ0v) is 12.7. The average molecular weight is 337 g/mol. The molecule has 0 fully saturated rings. The van der Waals surface area contributed by atoms with Crippen molar-refractivity contribution in [1.29, 1.82) is 0 Å². The highest BCUT2D eigenvalue weighted by molar-refractivity contribution is 8.09. The lowest BCUT2D eigenvalue weighted by Crippen LogP contribution is -1.98. The third-order valence-electron chi connectivity index (χ3n) is 3.04. The molecule has 1 aliphatic heterocycles. The minimum Gasteiger partial charge on any atom is -0.481 e. The van der Waals surface area contributed by atoms with Crippen molar-refractivity contribution < 1.29 is 19.0 Å². The lowest BCUT2D eigenvalue weighted by molar-refractivity contribution is -0.133. The molecule has 0 unspecified atom stereocenters. The molecule has 0 radical (unpaired) electrons. The summed E-state index contributed by atoms with van der Waals surface area (Å²) >= 11 is 7.10. The molecule has 0 aliphatic carbocycles. The van der Waals surface area contributed by atoms with E-state index >= 15 is 0 Å². The number of benzene rings is 2. The smallest absolute Gasteiger partial charge is 0.313 e. The van der Waals surface area contributed by atoms with Gasteiger partial charge in [0.1, 0.15) is 17.3 Å². The third-order valence-corrected chi connectivity index (χ3v) is 4.32. The molecule has 0 saturated heterocycles. The maximum atomic E-state index is 13.6. The highest BCUT2D eigenvalue weighted by atomic mass is 35.5. The number of hydrogen-bond acceptors (Lipinski definition) is 3. The predicted octanol–water partition coefficient (Wildman–Crippen LogP) is 4.90. The van der Waals surface area contributed by atoms with Gasteiger partial charge < -0.3 is 9.84 Å². The summed E-state index contributed by atoms with van der Waals surface area (Å²) in [7, 11) is 0. The van der Waals surface area contributed by atoms with Gasteiger partial charge in [-0.3, -0.25) is 4.79 Å². The van der Waals surface area contributed by atoms with E-state index in [1.54, 1.807) is 24.3 Å². The summed E-state index contributed by atoms with van der Waals surface area (Å²) < 4.78 is 19.4. The Morgan fingerprint density at radius 2 is 2.05 bits per heavy atom. The van der Waals surface area contributed by atoms with E-state index in [0.717, 1.165) is 17.3 Å². The van der Waals surface area contributed by atoms with Crippen LogP contribution in [-0.4, -0.2) is 16.8 Å². The van der Waals surface area contributed by atoms with E-state index in [1.807, 2.05) is 0 Å². The maximum Gasteiger partial charge on any atom is 0.313 e. The van der Waals surface area contributed by atoms with Crippen LogP contribution in [-0.2, 0) is 4.79 Å². The number of thioether (sulfide) groups is 1. The largest absolute Gasteiger partial charge is 0.481 e. The summed E-state index contributed by atoms with van der Waals surface area (Å²) in [5.41, 5.74) is 1.28. The Kier molecular flexibility index (Phi) is 4.09. The fraction of sp³-hybridized carbons (Fsp3) is 0.0625. The number of carboxylic acids is 1. The Labute approximate surface area is 135 Å². The van der Waals surface area contributed by atoms with Gasteiger partial charge in [-0.2, -0.15) is 0 Å². The minimum atomic E-state index is -0.939. The normalized spacial score (nSPS) is 12.5. The van der Waals surface area contributed by atoms with Crippen LogP contribution in [0.4, 0.5) is 4.39 Å². The predicted molar refractivity (Wildman–Crippen MR) is 85.9 cm³/mol. The minimum absolute atomic E-state index is 0.120. The molecule has 0 amide bonds. The fourth-order valence-corrected chi connectivity index (χ4v) is 3.06. The number of ether oxygens (including phenoxy) is 1. The van der Waals surface area contributed by atoms with E-state index < -0.39 is 11.8 Å². The van der Waals surface area contributed by atoms with Crippen LogP contribution < -0.4 is 4.74 Å². The van der Waals surface area contributed by atoms with E-state index in [0.29, 0.717) is 27.0 Å². The number of carbonyl (C=O) groups is 1. The fourth-order valence-electron chi connectivity index (χ4n) is 2.10. The Bertz CT molecular complexity index is 789. The zero-order valence-electron chi connectivity index (χ0n) is 11.2. The Morgan fingerprint density at radius 1 is 1.23 bits per heavy atom. The molecule has 3 rings (SSSR count). The van der Waals surface area contributed by atoms with Crippen LogP contribution in [0.2, 0.25) is 5.02 Å². The van der Waals surface area contributed by atoms with Crippen molar-refractivity contribution in [2.45, 2.75) is 0 Å².